The number of aryl methyl sites for hydroxylation is 2. The van der Waals surface area contributed by atoms with Gasteiger partial charge in [0, 0.05) is 36.1 Å². The number of carbonyl (C=O) groups is 1. The predicted octanol–water partition coefficient (Wildman–Crippen LogP) is 3.87. The first-order chi connectivity index (χ1) is 16.4. The van der Waals surface area contributed by atoms with Crippen LogP contribution in [0.2, 0.25) is 0 Å². The van der Waals surface area contributed by atoms with Gasteiger partial charge in [0.05, 0.1) is 5.69 Å². The third-order valence-corrected chi connectivity index (χ3v) is 5.61. The van der Waals surface area contributed by atoms with Crippen molar-refractivity contribution < 1.29 is 18.7 Å². The highest BCUT2D eigenvalue weighted by Gasteiger charge is 2.15. The van der Waals surface area contributed by atoms with Crippen LogP contribution in [0.3, 0.4) is 0 Å². The maximum absolute atomic E-state index is 13.3. The summed E-state index contributed by atoms with van der Waals surface area (Å²) in [7, 11) is 0. The lowest BCUT2D eigenvalue weighted by atomic mass is 10.1. The first-order valence-electron chi connectivity index (χ1n) is 11.3. The Labute approximate surface area is 197 Å². The van der Waals surface area contributed by atoms with Gasteiger partial charge in [-0.25, -0.2) is 4.39 Å². The summed E-state index contributed by atoms with van der Waals surface area (Å²) >= 11 is 0. The van der Waals surface area contributed by atoms with Gasteiger partial charge in [-0.1, -0.05) is 0 Å². The third-order valence-electron chi connectivity index (χ3n) is 5.61. The van der Waals surface area contributed by atoms with Gasteiger partial charge in [-0.15, -0.1) is 0 Å². The highest BCUT2D eigenvalue weighted by atomic mass is 19.1. The summed E-state index contributed by atoms with van der Waals surface area (Å²) < 4.78 is 26.5. The van der Waals surface area contributed by atoms with E-state index < -0.39 is 11.7 Å². The number of amides is 1. The van der Waals surface area contributed by atoms with Crippen molar-refractivity contribution in [3.8, 4) is 11.5 Å². The van der Waals surface area contributed by atoms with Gasteiger partial charge in [0.2, 0.25) is 5.96 Å². The normalized spacial score (nSPS) is 13.0. The number of ether oxygens (including phenoxy) is 2. The number of halogens is 1. The number of carbonyl (C=O) groups excluding carboxylic acids is 1. The molecule has 0 atom stereocenters. The minimum absolute atomic E-state index is 0.282. The van der Waals surface area contributed by atoms with E-state index in [9.17, 15) is 9.18 Å². The molecule has 2 heterocycles. The molecule has 8 nitrogen and oxygen atoms in total. The molecule has 0 aliphatic carbocycles. The van der Waals surface area contributed by atoms with E-state index in [2.05, 4.69) is 27.6 Å². The van der Waals surface area contributed by atoms with Crippen molar-refractivity contribution in [2.75, 3.05) is 25.1 Å². The number of hydrogen-bond acceptors (Lipinski definition) is 5. The van der Waals surface area contributed by atoms with Crippen LogP contribution in [0.4, 0.5) is 10.1 Å². The fraction of sp³-hybridized carbons (Fsp3) is 0.320. The molecule has 1 aromatic heterocycles. The number of nitrogens with zero attached hydrogens (tertiary/aromatic N) is 3. The first-order valence-corrected chi connectivity index (χ1v) is 11.3. The molecule has 9 heteroatoms. The van der Waals surface area contributed by atoms with Crippen molar-refractivity contribution in [2.45, 2.75) is 33.7 Å². The number of anilines is 1. The van der Waals surface area contributed by atoms with E-state index in [1.807, 2.05) is 30.7 Å². The van der Waals surface area contributed by atoms with Crippen molar-refractivity contribution in [3.05, 3.63) is 70.8 Å². The second-order valence-electron chi connectivity index (χ2n) is 7.89. The number of aromatic nitrogens is 2. The zero-order valence-electron chi connectivity index (χ0n) is 19.5. The largest absolute Gasteiger partial charge is 0.486 e. The van der Waals surface area contributed by atoms with E-state index in [4.69, 9.17) is 9.47 Å². The predicted molar refractivity (Wildman–Crippen MR) is 128 cm³/mol. The van der Waals surface area contributed by atoms with Crippen molar-refractivity contribution >= 4 is 17.6 Å². The second kappa shape index (κ2) is 10.4. The molecule has 3 aromatic rings. The Hall–Kier alpha value is -3.88. The lowest BCUT2D eigenvalue weighted by Gasteiger charge is -2.19. The summed E-state index contributed by atoms with van der Waals surface area (Å²) in [4.78, 5) is 17.4. The minimum Gasteiger partial charge on any atom is -0.486 e. The van der Waals surface area contributed by atoms with Crippen LogP contribution in [0.5, 0.6) is 11.5 Å². The maximum Gasteiger partial charge on any atom is 0.257 e. The molecule has 2 N–H and O–H groups in total. The molecule has 0 unspecified atom stereocenters. The van der Waals surface area contributed by atoms with Crippen molar-refractivity contribution in [1.29, 1.82) is 0 Å². The molecule has 1 amide bonds. The van der Waals surface area contributed by atoms with Crippen molar-refractivity contribution in [1.82, 2.24) is 15.1 Å². The molecule has 178 valence electrons. The standard InChI is InChI=1S/C25H28FN5O3/c1-4-31-17(3)21(16(2)30-31)11-12-27-25(29-24(32)18-5-7-19(26)8-6-18)28-20-9-10-22-23(15-20)34-14-13-33-22/h5-10,15H,4,11-14H2,1-3H3,(H2,27,28,29,32). The van der Waals surface area contributed by atoms with Gasteiger partial charge in [-0.3, -0.25) is 19.8 Å². The van der Waals surface area contributed by atoms with Crippen molar-refractivity contribution in [3.63, 3.8) is 0 Å². The van der Waals surface area contributed by atoms with E-state index in [0.29, 0.717) is 48.9 Å². The molecule has 0 saturated carbocycles. The highest BCUT2D eigenvalue weighted by Crippen LogP contribution is 2.32. The molecule has 4 rings (SSSR count). The molecule has 2 aromatic carbocycles. The average molecular weight is 466 g/mol. The van der Waals surface area contributed by atoms with Crippen LogP contribution in [0.25, 0.3) is 0 Å². The van der Waals surface area contributed by atoms with Gasteiger partial charge >= 0.3 is 0 Å². The minimum atomic E-state index is -0.404. The van der Waals surface area contributed by atoms with Gasteiger partial charge in [0.15, 0.2) is 11.5 Å². The molecule has 0 spiro atoms. The molecule has 1 aliphatic rings. The zero-order chi connectivity index (χ0) is 24.1. The van der Waals surface area contributed by atoms with Crippen LogP contribution in [0, 0.1) is 19.7 Å². The number of guanidine groups is 1. The summed E-state index contributed by atoms with van der Waals surface area (Å²) in [5.41, 5.74) is 4.26. The van der Waals surface area contributed by atoms with E-state index in [1.165, 1.54) is 24.3 Å². The summed E-state index contributed by atoms with van der Waals surface area (Å²) in [6, 6.07) is 10.8. The molecular formula is C25H28FN5O3. The quantitative estimate of drug-likeness (QED) is 0.426. The molecule has 0 radical (unpaired) electrons. The SMILES string of the molecule is CCn1nc(C)c(CCN=C(NC(=O)c2ccc(F)cc2)Nc2ccc3c(c2)OCCO3)c1C. The molecule has 0 fully saturated rings. The van der Waals surface area contributed by atoms with Gasteiger partial charge in [-0.2, -0.15) is 5.10 Å². The lowest BCUT2D eigenvalue weighted by molar-refractivity contribution is 0.0977. The fourth-order valence-electron chi connectivity index (χ4n) is 3.83. The Bertz CT molecular complexity index is 1200. The second-order valence-corrected chi connectivity index (χ2v) is 7.89. The number of nitrogens with one attached hydrogen (secondary N) is 2. The smallest absolute Gasteiger partial charge is 0.257 e. The Balaban J connectivity index is 1.53. The Morgan fingerprint density at radius 2 is 1.85 bits per heavy atom. The third kappa shape index (κ3) is 5.36. The summed E-state index contributed by atoms with van der Waals surface area (Å²) in [5.74, 6) is 0.778. The molecule has 34 heavy (non-hydrogen) atoms. The average Bonchev–Trinajstić information content (AvgIpc) is 3.12. The number of rotatable bonds is 6. The van der Waals surface area contributed by atoms with Gasteiger partial charge < -0.3 is 14.8 Å². The van der Waals surface area contributed by atoms with Crippen LogP contribution in [-0.4, -0.2) is 41.4 Å². The van der Waals surface area contributed by atoms with E-state index in [1.54, 1.807) is 6.07 Å². The van der Waals surface area contributed by atoms with Gasteiger partial charge in [-0.05, 0) is 69.2 Å². The Morgan fingerprint density at radius 1 is 1.12 bits per heavy atom. The first kappa shape index (κ1) is 23.3. The fourth-order valence-corrected chi connectivity index (χ4v) is 3.83. The summed E-state index contributed by atoms with van der Waals surface area (Å²) in [6.45, 7) is 8.32. The maximum atomic E-state index is 13.3. The molecule has 0 bridgehead atoms. The lowest BCUT2D eigenvalue weighted by Crippen LogP contribution is -2.36. The molecular weight excluding hydrogens is 437 g/mol. The van der Waals surface area contributed by atoms with Crippen molar-refractivity contribution in [2.24, 2.45) is 4.99 Å². The monoisotopic (exact) mass is 465 g/mol. The Morgan fingerprint density at radius 3 is 2.56 bits per heavy atom. The highest BCUT2D eigenvalue weighted by molar-refractivity contribution is 6.10. The van der Waals surface area contributed by atoms with Crippen LogP contribution >= 0.6 is 0 Å². The number of aliphatic imine (C=N–C) groups is 1. The topological polar surface area (TPSA) is 89.8 Å². The number of fused-ring (bicyclic) bond motifs is 1. The number of hydrogen-bond donors (Lipinski definition) is 2. The summed E-state index contributed by atoms with van der Waals surface area (Å²) in [5, 5.41) is 10.5. The van der Waals surface area contributed by atoms with Crippen LogP contribution in [-0.2, 0) is 13.0 Å². The van der Waals surface area contributed by atoms with E-state index in [0.717, 1.165) is 23.5 Å². The summed E-state index contributed by atoms with van der Waals surface area (Å²) in [6.07, 6.45) is 0.677. The molecule has 1 aliphatic heterocycles. The number of benzene rings is 2. The van der Waals surface area contributed by atoms with Crippen LogP contribution < -0.4 is 20.1 Å². The van der Waals surface area contributed by atoms with Gasteiger partial charge in [0.25, 0.3) is 5.91 Å². The zero-order valence-corrected chi connectivity index (χ0v) is 19.5. The van der Waals surface area contributed by atoms with Gasteiger partial charge in [0.1, 0.15) is 19.0 Å². The van der Waals surface area contributed by atoms with Crippen LogP contribution in [0.1, 0.15) is 34.2 Å². The van der Waals surface area contributed by atoms with Crippen LogP contribution in [0.15, 0.2) is 47.5 Å². The molecule has 0 saturated heterocycles. The van der Waals surface area contributed by atoms with E-state index in [-0.39, 0.29) is 5.96 Å². The Kier molecular flexibility index (Phi) is 7.10. The van der Waals surface area contributed by atoms with E-state index >= 15 is 0 Å².